The molecule has 0 radical (unpaired) electrons. The lowest BCUT2D eigenvalue weighted by Gasteiger charge is -2.24. The van der Waals surface area contributed by atoms with E-state index in [1.807, 2.05) is 0 Å². The number of rotatable bonds is 2. The molecule has 2 atom stereocenters. The minimum absolute atomic E-state index is 0.151. The lowest BCUT2D eigenvalue weighted by molar-refractivity contribution is 0.269. The molecule has 82 valence electrons. The van der Waals surface area contributed by atoms with E-state index in [2.05, 4.69) is 32.0 Å². The zero-order valence-corrected chi connectivity index (χ0v) is 9.49. The lowest BCUT2D eigenvalue weighted by Crippen LogP contribution is -2.20. The molecule has 1 unspecified atom stereocenters. The molecule has 0 saturated carbocycles. The van der Waals surface area contributed by atoms with Crippen molar-refractivity contribution in [2.75, 3.05) is 6.61 Å². The van der Waals surface area contributed by atoms with Crippen LogP contribution in [0.25, 0.3) is 0 Å². The van der Waals surface area contributed by atoms with E-state index in [1.54, 1.807) is 0 Å². The van der Waals surface area contributed by atoms with Crippen molar-refractivity contribution < 1.29 is 4.74 Å². The molecule has 0 fully saturated rings. The number of nitrogens with two attached hydrogens (primary N) is 1. The summed E-state index contributed by atoms with van der Waals surface area (Å²) in [5, 5.41) is 0. The Morgan fingerprint density at radius 3 is 3.07 bits per heavy atom. The zero-order valence-electron chi connectivity index (χ0n) is 9.49. The molecule has 1 aliphatic heterocycles. The van der Waals surface area contributed by atoms with Crippen LogP contribution in [0.15, 0.2) is 18.2 Å². The van der Waals surface area contributed by atoms with Crippen molar-refractivity contribution in [1.82, 2.24) is 0 Å². The molecule has 1 aliphatic rings. The van der Waals surface area contributed by atoms with Gasteiger partial charge >= 0.3 is 0 Å². The Hall–Kier alpha value is -1.02. The first kappa shape index (κ1) is 10.5. The van der Waals surface area contributed by atoms with E-state index in [9.17, 15) is 0 Å². The Morgan fingerprint density at radius 2 is 2.33 bits per heavy atom. The van der Waals surface area contributed by atoms with Gasteiger partial charge in [-0.1, -0.05) is 26.0 Å². The Bertz CT molecular complexity index is 348. The summed E-state index contributed by atoms with van der Waals surface area (Å²) in [6, 6.07) is 6.59. The van der Waals surface area contributed by atoms with Gasteiger partial charge in [-0.05, 0) is 24.0 Å². The summed E-state index contributed by atoms with van der Waals surface area (Å²) in [7, 11) is 0. The highest BCUT2D eigenvalue weighted by molar-refractivity contribution is 5.41. The second-order valence-electron chi connectivity index (χ2n) is 4.35. The molecule has 1 heterocycles. The number of fused-ring (bicyclic) bond motifs is 1. The Kier molecular flexibility index (Phi) is 2.96. The van der Waals surface area contributed by atoms with Gasteiger partial charge in [-0.15, -0.1) is 0 Å². The van der Waals surface area contributed by atoms with Crippen LogP contribution in [0.2, 0.25) is 0 Å². The van der Waals surface area contributed by atoms with Gasteiger partial charge in [0.25, 0.3) is 0 Å². The first-order valence-corrected chi connectivity index (χ1v) is 5.74. The molecule has 1 aromatic rings. The maximum atomic E-state index is 6.08. The monoisotopic (exact) mass is 205 g/mol. The van der Waals surface area contributed by atoms with Gasteiger partial charge in [0.2, 0.25) is 0 Å². The van der Waals surface area contributed by atoms with Gasteiger partial charge in [-0.2, -0.15) is 0 Å². The predicted molar refractivity (Wildman–Crippen MR) is 62.2 cm³/mol. The van der Waals surface area contributed by atoms with Crippen molar-refractivity contribution in [2.45, 2.75) is 38.6 Å². The average Bonchev–Trinajstić information content (AvgIpc) is 2.28. The first-order valence-electron chi connectivity index (χ1n) is 5.74. The van der Waals surface area contributed by atoms with Crippen LogP contribution >= 0.6 is 0 Å². The van der Waals surface area contributed by atoms with Crippen LogP contribution in [0.1, 0.15) is 49.8 Å². The van der Waals surface area contributed by atoms with Crippen molar-refractivity contribution in [1.29, 1.82) is 0 Å². The van der Waals surface area contributed by atoms with E-state index in [4.69, 9.17) is 10.5 Å². The van der Waals surface area contributed by atoms with Crippen molar-refractivity contribution in [2.24, 2.45) is 5.73 Å². The molecule has 2 nitrogen and oxygen atoms in total. The Balaban J connectivity index is 2.35. The third-order valence-electron chi connectivity index (χ3n) is 3.30. The molecule has 2 rings (SSSR count). The number of ether oxygens (including phenoxy) is 1. The third kappa shape index (κ3) is 2.00. The smallest absolute Gasteiger partial charge is 0.124 e. The van der Waals surface area contributed by atoms with E-state index in [1.165, 1.54) is 11.1 Å². The maximum absolute atomic E-state index is 6.08. The molecule has 0 bridgehead atoms. The quantitative estimate of drug-likeness (QED) is 0.805. The largest absolute Gasteiger partial charge is 0.493 e. The zero-order chi connectivity index (χ0) is 10.8. The van der Waals surface area contributed by atoms with E-state index in [0.717, 1.165) is 25.2 Å². The van der Waals surface area contributed by atoms with Crippen molar-refractivity contribution in [3.8, 4) is 5.75 Å². The average molecular weight is 205 g/mol. The van der Waals surface area contributed by atoms with Gasteiger partial charge in [-0.25, -0.2) is 0 Å². The fourth-order valence-corrected chi connectivity index (χ4v) is 1.98. The lowest BCUT2D eigenvalue weighted by atomic mass is 9.93. The molecule has 2 N–H and O–H groups in total. The van der Waals surface area contributed by atoms with Gasteiger partial charge in [0, 0.05) is 18.0 Å². The molecule has 1 aromatic carbocycles. The molecule has 0 saturated heterocycles. The summed E-state index contributed by atoms with van der Waals surface area (Å²) < 4.78 is 5.58. The van der Waals surface area contributed by atoms with Crippen molar-refractivity contribution >= 4 is 0 Å². The molecular weight excluding hydrogens is 186 g/mol. The molecule has 15 heavy (non-hydrogen) atoms. The summed E-state index contributed by atoms with van der Waals surface area (Å²) in [4.78, 5) is 0. The first-order chi connectivity index (χ1) is 7.22. The number of hydrogen-bond donors (Lipinski definition) is 1. The van der Waals surface area contributed by atoms with Crippen LogP contribution in [0.4, 0.5) is 0 Å². The second kappa shape index (κ2) is 4.23. The summed E-state index contributed by atoms with van der Waals surface area (Å²) in [6.45, 7) is 5.20. The Labute approximate surface area is 91.4 Å². The van der Waals surface area contributed by atoms with Crippen LogP contribution in [-0.4, -0.2) is 6.61 Å². The normalized spacial score (nSPS) is 21.7. The maximum Gasteiger partial charge on any atom is 0.124 e. The topological polar surface area (TPSA) is 35.2 Å². The highest BCUT2D eigenvalue weighted by atomic mass is 16.5. The highest BCUT2D eigenvalue weighted by Gasteiger charge is 2.18. The van der Waals surface area contributed by atoms with Gasteiger partial charge in [0.1, 0.15) is 5.75 Å². The summed E-state index contributed by atoms with van der Waals surface area (Å²) in [5.41, 5.74) is 8.63. The van der Waals surface area contributed by atoms with Crippen molar-refractivity contribution in [3.63, 3.8) is 0 Å². The molecular formula is C13H19NO. The van der Waals surface area contributed by atoms with E-state index >= 15 is 0 Å². The molecule has 0 aliphatic carbocycles. The van der Waals surface area contributed by atoms with Gasteiger partial charge < -0.3 is 10.5 Å². The van der Waals surface area contributed by atoms with Gasteiger partial charge in [0.05, 0.1) is 6.61 Å². The van der Waals surface area contributed by atoms with Crippen LogP contribution in [0.3, 0.4) is 0 Å². The Morgan fingerprint density at radius 1 is 1.53 bits per heavy atom. The molecule has 0 spiro atoms. The number of hydrogen-bond acceptors (Lipinski definition) is 2. The SMILES string of the molecule is CCC(C)c1ccc2c(c1)[C@H](N)CCO2. The third-order valence-corrected chi connectivity index (χ3v) is 3.30. The van der Waals surface area contributed by atoms with Crippen LogP contribution in [0.5, 0.6) is 5.75 Å². The molecule has 0 amide bonds. The summed E-state index contributed by atoms with van der Waals surface area (Å²) in [5.74, 6) is 1.57. The highest BCUT2D eigenvalue weighted by Crippen LogP contribution is 2.33. The van der Waals surface area contributed by atoms with Crippen molar-refractivity contribution in [3.05, 3.63) is 29.3 Å². The minimum atomic E-state index is 0.151. The van der Waals surface area contributed by atoms with Gasteiger partial charge in [0.15, 0.2) is 0 Å². The van der Waals surface area contributed by atoms with Gasteiger partial charge in [-0.3, -0.25) is 0 Å². The minimum Gasteiger partial charge on any atom is -0.493 e. The number of benzene rings is 1. The standard InChI is InChI=1S/C13H19NO/c1-3-9(2)10-4-5-13-11(8-10)12(14)6-7-15-13/h4-5,8-9,12H,3,6-7,14H2,1-2H3/t9?,12-/m1/s1. The van der Waals surface area contributed by atoms with Crippen LogP contribution in [0, 0.1) is 0 Å². The summed E-state index contributed by atoms with van der Waals surface area (Å²) in [6.07, 6.45) is 2.09. The van der Waals surface area contributed by atoms with Crippen LogP contribution < -0.4 is 10.5 Å². The summed E-state index contributed by atoms with van der Waals surface area (Å²) >= 11 is 0. The van der Waals surface area contributed by atoms with Crippen LogP contribution in [-0.2, 0) is 0 Å². The molecule has 0 aromatic heterocycles. The fourth-order valence-electron chi connectivity index (χ4n) is 1.98. The van der Waals surface area contributed by atoms with E-state index < -0.39 is 0 Å². The molecule has 2 heteroatoms. The second-order valence-corrected chi connectivity index (χ2v) is 4.35. The fraction of sp³-hybridized carbons (Fsp3) is 0.538. The van der Waals surface area contributed by atoms with E-state index in [0.29, 0.717) is 5.92 Å². The predicted octanol–water partition coefficient (Wildman–Crippen LogP) is 2.98. The van der Waals surface area contributed by atoms with E-state index in [-0.39, 0.29) is 6.04 Å².